The molecule has 0 saturated heterocycles. The summed E-state index contributed by atoms with van der Waals surface area (Å²) in [5.74, 6) is -3.08. The zero-order valence-corrected chi connectivity index (χ0v) is 18.3. The molecule has 27 heavy (non-hydrogen) atoms. The van der Waals surface area contributed by atoms with Crippen molar-refractivity contribution < 1.29 is 26.3 Å². The minimum atomic E-state index is -5.28. The number of hydrogen-bond acceptors (Lipinski definition) is 0. The predicted molar refractivity (Wildman–Crippen MR) is 102 cm³/mol. The van der Waals surface area contributed by atoms with Crippen LogP contribution in [0.3, 0.4) is 0 Å². The highest BCUT2D eigenvalue weighted by atomic mass is 19.4. The molecular weight excluding hydrogens is 366 g/mol. The molecule has 0 bridgehead atoms. The quantitative estimate of drug-likeness (QED) is 0.399. The minimum Gasteiger partial charge on any atom is -0.170 e. The van der Waals surface area contributed by atoms with Crippen molar-refractivity contribution in [3.05, 3.63) is 0 Å². The summed E-state index contributed by atoms with van der Waals surface area (Å²) in [4.78, 5) is 0. The molecule has 1 fully saturated rings. The van der Waals surface area contributed by atoms with Gasteiger partial charge in [-0.25, -0.2) is 0 Å². The fourth-order valence-corrected chi connectivity index (χ4v) is 4.51. The Morgan fingerprint density at radius 2 is 1.30 bits per heavy atom. The van der Waals surface area contributed by atoms with Crippen LogP contribution in [-0.2, 0) is 0 Å². The van der Waals surface area contributed by atoms with E-state index in [1.165, 1.54) is 6.92 Å². The number of hydrogen-bond donors (Lipinski definition) is 0. The molecule has 0 spiro atoms. The molecule has 0 amide bonds. The summed E-state index contributed by atoms with van der Waals surface area (Å²) in [5.41, 5.74) is -3.58. The molecule has 166 valence electrons. The standard InChI is InChI=1S/C17H28F6.2C2H6/c1-5-13(9-11(2)3)15(16(18,19)20,17(21,22)23)14-8-6-7-12(4)10-14;2*1-2/h11-14H,5-10H2,1-4H3;2*1-2H3. The van der Waals surface area contributed by atoms with E-state index >= 15 is 0 Å². The van der Waals surface area contributed by atoms with Crippen LogP contribution in [0.5, 0.6) is 0 Å². The Morgan fingerprint density at radius 1 is 0.852 bits per heavy atom. The number of alkyl halides is 6. The minimum absolute atomic E-state index is 0.00755. The van der Waals surface area contributed by atoms with Gasteiger partial charge in [0.25, 0.3) is 0 Å². The van der Waals surface area contributed by atoms with E-state index < -0.39 is 29.6 Å². The van der Waals surface area contributed by atoms with Crippen molar-refractivity contribution >= 4 is 0 Å². The van der Waals surface area contributed by atoms with Crippen molar-refractivity contribution in [1.82, 2.24) is 0 Å². The first-order valence-corrected chi connectivity index (χ1v) is 10.5. The van der Waals surface area contributed by atoms with E-state index in [-0.39, 0.29) is 37.5 Å². The van der Waals surface area contributed by atoms with Crippen LogP contribution in [0.2, 0.25) is 0 Å². The third kappa shape index (κ3) is 6.85. The molecule has 1 aliphatic rings. The lowest BCUT2D eigenvalue weighted by Crippen LogP contribution is -2.60. The Hall–Kier alpha value is -0.420. The van der Waals surface area contributed by atoms with Gasteiger partial charge in [0.15, 0.2) is 5.41 Å². The van der Waals surface area contributed by atoms with Gasteiger partial charge >= 0.3 is 12.4 Å². The molecule has 0 aromatic carbocycles. The zero-order valence-electron chi connectivity index (χ0n) is 18.3. The summed E-state index contributed by atoms with van der Waals surface area (Å²) in [7, 11) is 0. The lowest BCUT2D eigenvalue weighted by molar-refractivity contribution is -0.381. The Bertz CT molecular complexity index is 350. The monoisotopic (exact) mass is 406 g/mol. The van der Waals surface area contributed by atoms with E-state index in [0.717, 1.165) is 0 Å². The normalized spacial score (nSPS) is 22.3. The maximum atomic E-state index is 14.0. The van der Waals surface area contributed by atoms with E-state index in [2.05, 4.69) is 0 Å². The summed E-state index contributed by atoms with van der Waals surface area (Å²) in [6, 6.07) is 0. The maximum absolute atomic E-state index is 14.0. The third-order valence-electron chi connectivity index (χ3n) is 5.41. The van der Waals surface area contributed by atoms with Gasteiger partial charge < -0.3 is 0 Å². The van der Waals surface area contributed by atoms with Crippen LogP contribution < -0.4 is 0 Å². The van der Waals surface area contributed by atoms with Crippen molar-refractivity contribution in [3.63, 3.8) is 0 Å². The van der Waals surface area contributed by atoms with Crippen LogP contribution in [0.25, 0.3) is 0 Å². The van der Waals surface area contributed by atoms with Gasteiger partial charge in [-0.15, -0.1) is 0 Å². The second-order valence-corrected chi connectivity index (χ2v) is 7.57. The van der Waals surface area contributed by atoms with Gasteiger partial charge in [0, 0.05) is 0 Å². The predicted octanol–water partition coefficient (Wildman–Crippen LogP) is 9.05. The SMILES string of the molecule is CC.CC.CCC(CC(C)C)C(C1CCCC(C)C1)(C(F)(F)F)C(F)(F)F. The Labute approximate surface area is 162 Å². The fraction of sp³-hybridized carbons (Fsp3) is 1.00. The smallest absolute Gasteiger partial charge is 0.170 e. The highest BCUT2D eigenvalue weighted by Gasteiger charge is 2.75. The van der Waals surface area contributed by atoms with E-state index in [9.17, 15) is 26.3 Å². The summed E-state index contributed by atoms with van der Waals surface area (Å²) >= 11 is 0. The van der Waals surface area contributed by atoms with Gasteiger partial charge in [-0.3, -0.25) is 0 Å². The summed E-state index contributed by atoms with van der Waals surface area (Å²) < 4.78 is 83.7. The second-order valence-electron chi connectivity index (χ2n) is 7.57. The molecule has 0 N–H and O–H groups in total. The topological polar surface area (TPSA) is 0 Å². The van der Waals surface area contributed by atoms with E-state index in [0.29, 0.717) is 12.8 Å². The first-order valence-electron chi connectivity index (χ1n) is 10.5. The van der Waals surface area contributed by atoms with E-state index in [1.807, 2.05) is 27.7 Å². The Kier molecular flexibility index (Phi) is 13.0. The van der Waals surface area contributed by atoms with Gasteiger partial charge in [-0.05, 0) is 42.9 Å². The number of halogens is 6. The molecule has 0 nitrogen and oxygen atoms in total. The first-order chi connectivity index (χ1) is 12.4. The molecular formula is C21H40F6. The van der Waals surface area contributed by atoms with Gasteiger partial charge in [-0.1, -0.05) is 74.7 Å². The van der Waals surface area contributed by atoms with Crippen LogP contribution in [-0.4, -0.2) is 12.4 Å². The molecule has 0 aliphatic heterocycles. The molecule has 3 atom stereocenters. The molecule has 1 saturated carbocycles. The molecule has 3 unspecified atom stereocenters. The van der Waals surface area contributed by atoms with E-state index in [4.69, 9.17) is 0 Å². The Morgan fingerprint density at radius 3 is 1.59 bits per heavy atom. The van der Waals surface area contributed by atoms with Gasteiger partial charge in [0.05, 0.1) is 0 Å². The molecule has 0 heterocycles. The van der Waals surface area contributed by atoms with Crippen LogP contribution in [0.15, 0.2) is 0 Å². The lowest BCUT2D eigenvalue weighted by Gasteiger charge is -2.50. The first kappa shape index (κ1) is 28.8. The Balaban J connectivity index is 0. The molecule has 1 rings (SSSR count). The van der Waals surface area contributed by atoms with Crippen LogP contribution in [0, 0.1) is 29.1 Å². The highest BCUT2D eigenvalue weighted by molar-refractivity contribution is 5.03. The van der Waals surface area contributed by atoms with E-state index in [1.54, 1.807) is 20.8 Å². The van der Waals surface area contributed by atoms with Crippen molar-refractivity contribution in [2.75, 3.05) is 0 Å². The van der Waals surface area contributed by atoms with Crippen molar-refractivity contribution in [2.45, 2.75) is 106 Å². The van der Waals surface area contributed by atoms with Crippen LogP contribution >= 0.6 is 0 Å². The largest absolute Gasteiger partial charge is 0.403 e. The molecule has 0 aromatic rings. The fourth-order valence-electron chi connectivity index (χ4n) is 4.51. The maximum Gasteiger partial charge on any atom is 0.403 e. The van der Waals surface area contributed by atoms with Gasteiger partial charge in [0.2, 0.25) is 0 Å². The lowest BCUT2D eigenvalue weighted by atomic mass is 9.57. The zero-order chi connectivity index (χ0) is 22.1. The highest BCUT2D eigenvalue weighted by Crippen LogP contribution is 2.64. The number of rotatable bonds is 5. The molecule has 0 radical (unpaired) electrons. The van der Waals surface area contributed by atoms with Crippen molar-refractivity contribution in [1.29, 1.82) is 0 Å². The van der Waals surface area contributed by atoms with Crippen molar-refractivity contribution in [2.24, 2.45) is 29.1 Å². The van der Waals surface area contributed by atoms with Gasteiger partial charge in [-0.2, -0.15) is 26.3 Å². The van der Waals surface area contributed by atoms with Gasteiger partial charge in [0.1, 0.15) is 0 Å². The molecule has 0 aromatic heterocycles. The summed E-state index contributed by atoms with van der Waals surface area (Å²) in [6.07, 6.45) is -9.54. The molecule has 6 heteroatoms. The van der Waals surface area contributed by atoms with Crippen LogP contribution in [0.4, 0.5) is 26.3 Å². The average Bonchev–Trinajstić information content (AvgIpc) is 2.55. The van der Waals surface area contributed by atoms with Crippen molar-refractivity contribution in [3.8, 4) is 0 Å². The molecule has 1 aliphatic carbocycles. The van der Waals surface area contributed by atoms with Crippen LogP contribution in [0.1, 0.15) is 93.9 Å². The second kappa shape index (κ2) is 12.2. The summed E-state index contributed by atoms with van der Waals surface area (Å²) in [5, 5.41) is 0. The average molecular weight is 407 g/mol. The third-order valence-corrected chi connectivity index (χ3v) is 5.41. The summed E-state index contributed by atoms with van der Waals surface area (Å²) in [6.45, 7) is 14.6.